The molecule has 1 unspecified atom stereocenters. The Kier molecular flexibility index (Phi) is 5.97. The molecule has 0 fully saturated rings. The third kappa shape index (κ3) is 4.31. The molecule has 114 valence electrons. The third-order valence-electron chi connectivity index (χ3n) is 4.52. The molecular weight excluding hydrogens is 280 g/mol. The Morgan fingerprint density at radius 2 is 1.50 bits per heavy atom. The van der Waals surface area contributed by atoms with E-state index in [2.05, 4.69) is 98.6 Å². The number of hydrogen-bond donors (Lipinski definition) is 0. The fourth-order valence-corrected chi connectivity index (χ4v) is 5.93. The second-order valence-corrected chi connectivity index (χ2v) is 11.2. The zero-order valence-corrected chi connectivity index (χ0v) is 14.7. The van der Waals surface area contributed by atoms with Crippen LogP contribution in [0.15, 0.2) is 79.4 Å². The Morgan fingerprint density at radius 1 is 0.909 bits per heavy atom. The fourth-order valence-electron chi connectivity index (χ4n) is 2.92. The average molecular weight is 307 g/mol. The highest BCUT2D eigenvalue weighted by Crippen LogP contribution is 2.30. The smallest absolute Gasteiger partial charge is 0.0842 e. The van der Waals surface area contributed by atoms with Gasteiger partial charge >= 0.3 is 0 Å². The summed E-state index contributed by atoms with van der Waals surface area (Å²) in [6, 6.07) is 21.6. The second-order valence-electron chi connectivity index (χ2n) is 6.36. The monoisotopic (exact) mass is 306 g/mol. The van der Waals surface area contributed by atoms with Crippen molar-refractivity contribution in [2.75, 3.05) is 0 Å². The van der Waals surface area contributed by atoms with Crippen molar-refractivity contribution < 1.29 is 0 Å². The van der Waals surface area contributed by atoms with Gasteiger partial charge in [0, 0.05) is 0 Å². The Morgan fingerprint density at radius 3 is 2.09 bits per heavy atom. The molecule has 0 aromatic heterocycles. The highest BCUT2D eigenvalue weighted by atomic mass is 28.3. The first kappa shape index (κ1) is 16.5. The van der Waals surface area contributed by atoms with Crippen molar-refractivity contribution in [2.45, 2.75) is 31.5 Å². The van der Waals surface area contributed by atoms with Crippen LogP contribution in [0.4, 0.5) is 0 Å². The summed E-state index contributed by atoms with van der Waals surface area (Å²) in [5.41, 5.74) is 1.96. The summed E-state index contributed by atoms with van der Waals surface area (Å²) in [4.78, 5) is 0. The van der Waals surface area contributed by atoms with Gasteiger partial charge in [0.05, 0.1) is 8.07 Å². The van der Waals surface area contributed by atoms with Crippen LogP contribution in [0.2, 0.25) is 18.6 Å². The molecule has 0 aliphatic heterocycles. The summed E-state index contributed by atoms with van der Waals surface area (Å²) in [5, 5.41) is 1.54. The Bertz CT molecular complexity index is 596. The third-order valence-corrected chi connectivity index (χ3v) is 8.85. The molecule has 0 aliphatic carbocycles. The standard InChI is InChI=1S/C21H26Si/c1-4-12-20(18-11-15-19-13-7-5-8-14-19)22(2,3)21-16-9-6-10-17-21/h4-11,13-17,20H,1,12,18H2,2-3H3/b15-11+. The van der Waals surface area contributed by atoms with Crippen molar-refractivity contribution in [1.29, 1.82) is 0 Å². The van der Waals surface area contributed by atoms with Crippen LogP contribution < -0.4 is 5.19 Å². The van der Waals surface area contributed by atoms with Crippen LogP contribution in [0.3, 0.4) is 0 Å². The van der Waals surface area contributed by atoms with Gasteiger partial charge in [-0.15, -0.1) is 6.58 Å². The first-order valence-corrected chi connectivity index (χ1v) is 11.1. The molecule has 0 nitrogen and oxygen atoms in total. The zero-order valence-electron chi connectivity index (χ0n) is 13.7. The van der Waals surface area contributed by atoms with Crippen LogP contribution >= 0.6 is 0 Å². The predicted octanol–water partition coefficient (Wildman–Crippen LogP) is 5.65. The molecule has 0 saturated heterocycles. The summed E-state index contributed by atoms with van der Waals surface area (Å²) < 4.78 is 0. The topological polar surface area (TPSA) is 0 Å². The molecule has 1 heteroatoms. The van der Waals surface area contributed by atoms with Gasteiger partial charge < -0.3 is 0 Å². The lowest BCUT2D eigenvalue weighted by molar-refractivity contribution is 0.833. The van der Waals surface area contributed by atoms with Crippen molar-refractivity contribution >= 4 is 19.3 Å². The van der Waals surface area contributed by atoms with Gasteiger partial charge in [0.15, 0.2) is 0 Å². The minimum absolute atomic E-state index is 0.687. The Hall–Kier alpha value is -1.86. The minimum atomic E-state index is -1.49. The largest absolute Gasteiger partial charge is 0.103 e. The number of allylic oxidation sites excluding steroid dienone is 2. The van der Waals surface area contributed by atoms with E-state index in [9.17, 15) is 0 Å². The van der Waals surface area contributed by atoms with Crippen LogP contribution in [0, 0.1) is 0 Å². The molecule has 2 rings (SSSR count). The van der Waals surface area contributed by atoms with E-state index in [4.69, 9.17) is 0 Å². The maximum absolute atomic E-state index is 3.97. The molecular formula is C21H26Si. The van der Waals surface area contributed by atoms with Crippen molar-refractivity contribution in [3.05, 3.63) is 85.0 Å². The van der Waals surface area contributed by atoms with E-state index in [1.165, 1.54) is 10.8 Å². The van der Waals surface area contributed by atoms with E-state index in [0.29, 0.717) is 5.54 Å². The summed E-state index contributed by atoms with van der Waals surface area (Å²) in [5.74, 6) is 0. The lowest BCUT2D eigenvalue weighted by Crippen LogP contribution is -2.45. The quantitative estimate of drug-likeness (QED) is 0.458. The zero-order chi connectivity index (χ0) is 15.8. The van der Waals surface area contributed by atoms with E-state index in [1.807, 2.05) is 0 Å². The Balaban J connectivity index is 2.12. The maximum atomic E-state index is 3.97. The average Bonchev–Trinajstić information content (AvgIpc) is 2.56. The van der Waals surface area contributed by atoms with Crippen molar-refractivity contribution in [1.82, 2.24) is 0 Å². The molecule has 0 N–H and O–H groups in total. The minimum Gasteiger partial charge on any atom is -0.103 e. The molecule has 1 atom stereocenters. The van der Waals surface area contributed by atoms with Gasteiger partial charge in [0.2, 0.25) is 0 Å². The molecule has 22 heavy (non-hydrogen) atoms. The fraction of sp³-hybridized carbons (Fsp3) is 0.238. The van der Waals surface area contributed by atoms with Gasteiger partial charge in [-0.25, -0.2) is 0 Å². The van der Waals surface area contributed by atoms with Gasteiger partial charge in [-0.05, 0) is 23.9 Å². The molecule has 0 bridgehead atoms. The SMILES string of the molecule is C=CCC(C/C=C/c1ccccc1)[Si](C)(C)c1ccccc1. The predicted molar refractivity (Wildman–Crippen MR) is 102 cm³/mol. The van der Waals surface area contributed by atoms with Crippen LogP contribution in [0.25, 0.3) is 6.08 Å². The van der Waals surface area contributed by atoms with E-state index in [-0.39, 0.29) is 0 Å². The normalized spacial score (nSPS) is 13.2. The van der Waals surface area contributed by atoms with Gasteiger partial charge in [0.25, 0.3) is 0 Å². The molecule has 0 amide bonds. The van der Waals surface area contributed by atoms with Crippen LogP contribution in [0.5, 0.6) is 0 Å². The molecule has 2 aromatic rings. The van der Waals surface area contributed by atoms with Crippen molar-refractivity contribution in [2.24, 2.45) is 0 Å². The van der Waals surface area contributed by atoms with E-state index in [1.54, 1.807) is 0 Å². The first-order valence-electron chi connectivity index (χ1n) is 8.02. The Labute approximate surface area is 136 Å². The van der Waals surface area contributed by atoms with E-state index >= 15 is 0 Å². The summed E-state index contributed by atoms with van der Waals surface area (Å²) in [6.07, 6.45) is 8.87. The van der Waals surface area contributed by atoms with Crippen LogP contribution in [-0.4, -0.2) is 8.07 Å². The van der Waals surface area contributed by atoms with Gasteiger partial charge in [-0.3, -0.25) is 0 Å². The maximum Gasteiger partial charge on any atom is 0.0842 e. The summed E-state index contributed by atoms with van der Waals surface area (Å²) >= 11 is 0. The van der Waals surface area contributed by atoms with Crippen molar-refractivity contribution in [3.63, 3.8) is 0 Å². The summed E-state index contributed by atoms with van der Waals surface area (Å²) in [6.45, 7) is 8.93. The van der Waals surface area contributed by atoms with Crippen molar-refractivity contribution in [3.8, 4) is 0 Å². The molecule has 2 aromatic carbocycles. The number of benzene rings is 2. The van der Waals surface area contributed by atoms with Gasteiger partial charge in [-0.1, -0.05) is 97.2 Å². The van der Waals surface area contributed by atoms with E-state index < -0.39 is 8.07 Å². The lowest BCUT2D eigenvalue weighted by atomic mass is 10.1. The molecule has 0 aliphatic rings. The second kappa shape index (κ2) is 7.95. The van der Waals surface area contributed by atoms with Crippen LogP contribution in [-0.2, 0) is 0 Å². The summed E-state index contributed by atoms with van der Waals surface area (Å²) in [7, 11) is -1.49. The number of rotatable bonds is 7. The van der Waals surface area contributed by atoms with Crippen LogP contribution in [0.1, 0.15) is 18.4 Å². The molecule has 0 heterocycles. The molecule has 0 radical (unpaired) electrons. The first-order chi connectivity index (χ1) is 10.6. The molecule has 0 saturated carbocycles. The highest BCUT2D eigenvalue weighted by Gasteiger charge is 2.31. The van der Waals surface area contributed by atoms with E-state index in [0.717, 1.165) is 12.8 Å². The lowest BCUT2D eigenvalue weighted by Gasteiger charge is -2.32. The number of hydrogen-bond acceptors (Lipinski definition) is 0. The molecule has 0 spiro atoms. The van der Waals surface area contributed by atoms with Gasteiger partial charge in [-0.2, -0.15) is 0 Å². The van der Waals surface area contributed by atoms with Gasteiger partial charge in [0.1, 0.15) is 0 Å². The highest BCUT2D eigenvalue weighted by molar-refractivity contribution is 6.91.